The van der Waals surface area contributed by atoms with Gasteiger partial charge in [-0.1, -0.05) is 28.1 Å². The van der Waals surface area contributed by atoms with Crippen molar-refractivity contribution in [3.63, 3.8) is 0 Å². The maximum Gasteiger partial charge on any atom is 1.00 e. The molecule has 9 heteroatoms. The first-order valence-corrected chi connectivity index (χ1v) is 7.05. The fourth-order valence-corrected chi connectivity index (χ4v) is 1.39. The fourth-order valence-electron chi connectivity index (χ4n) is 0.789. The average molecular weight is 334 g/mol. The van der Waals surface area contributed by atoms with Gasteiger partial charge in [-0.2, -0.15) is 0 Å². The zero-order valence-electron chi connectivity index (χ0n) is 9.13. The monoisotopic (exact) mass is 333 g/mol. The average Bonchev–Trinajstić information content (AvgIpc) is 1.99. The molecule has 1 nitrogen and oxygen atoms in total. The Balaban J connectivity index is 0. The summed E-state index contributed by atoms with van der Waals surface area (Å²) < 4.78 is 59.2. The van der Waals surface area contributed by atoms with Crippen molar-refractivity contribution in [2.75, 3.05) is 6.54 Å². The molecule has 0 aromatic carbocycles. The van der Waals surface area contributed by atoms with E-state index < -0.39 is 7.81 Å². The van der Waals surface area contributed by atoms with Crippen molar-refractivity contribution in [2.24, 2.45) is 0 Å². The number of hydrogen-bond acceptors (Lipinski definition) is 1. The van der Waals surface area contributed by atoms with E-state index in [1.807, 2.05) is 12.2 Å². The molecule has 0 bridgehead atoms. The minimum absolute atomic E-state index is 0. The third-order valence-electron chi connectivity index (χ3n) is 1.34. The number of nitrogens with zero attached hydrogens (tertiary/aromatic N) is 1. The third-order valence-corrected chi connectivity index (χ3v) is 2.17. The summed E-state index contributed by atoms with van der Waals surface area (Å²) in [4.78, 5) is 2.60. The van der Waals surface area contributed by atoms with Crippen LogP contribution in [0.15, 0.2) is 24.4 Å². The molecular weight excluding hydrogens is 323 g/mol. The summed E-state index contributed by atoms with van der Waals surface area (Å²) in [7, 11) is -10.7. The molecule has 0 spiro atoms. The summed E-state index contributed by atoms with van der Waals surface area (Å²) in [6, 6.07) is 0. The van der Waals surface area contributed by atoms with Crippen LogP contribution in [0.4, 0.5) is 25.2 Å². The second-order valence-corrected chi connectivity index (χ2v) is 5.74. The second kappa shape index (κ2) is 4.22. The van der Waals surface area contributed by atoms with Crippen LogP contribution in [0.3, 0.4) is 0 Å². The van der Waals surface area contributed by atoms with Crippen LogP contribution in [0.25, 0.3) is 0 Å². The van der Waals surface area contributed by atoms with Gasteiger partial charge in [0.1, 0.15) is 4.95 Å². The molecular formula is C7H11BrF6NP. The summed E-state index contributed by atoms with van der Waals surface area (Å²) in [5.74, 6) is 0. The van der Waals surface area contributed by atoms with Crippen LogP contribution in [0.2, 0.25) is 0 Å². The fraction of sp³-hybridized carbons (Fsp3) is 0.429. The van der Waals surface area contributed by atoms with Crippen LogP contribution in [-0.2, 0) is 0 Å². The van der Waals surface area contributed by atoms with Gasteiger partial charge >= 0.3 is 34.4 Å². The Kier molecular flexibility index (Phi) is 4.16. The maximum absolute atomic E-state index is 10.7. The Bertz CT molecular complexity index is 288. The number of allylic oxidation sites excluding steroid dienone is 2. The first-order chi connectivity index (χ1) is 6.79. The van der Waals surface area contributed by atoms with E-state index in [4.69, 9.17) is 0 Å². The van der Waals surface area contributed by atoms with E-state index in [1.54, 1.807) is 0 Å². The van der Waals surface area contributed by atoms with Crippen molar-refractivity contribution in [1.82, 2.24) is 4.90 Å². The van der Waals surface area contributed by atoms with Crippen LogP contribution in [0, 0.1) is 0 Å². The maximum atomic E-state index is 9.87. The summed E-state index contributed by atoms with van der Waals surface area (Å²) >= 11 is 3.50. The van der Waals surface area contributed by atoms with Crippen molar-refractivity contribution in [3.8, 4) is 0 Å². The van der Waals surface area contributed by atoms with Gasteiger partial charge in [0.15, 0.2) is 0 Å². The zero-order chi connectivity index (χ0) is 13.1. The molecule has 98 valence electrons. The Morgan fingerprint density at radius 3 is 1.88 bits per heavy atom. The van der Waals surface area contributed by atoms with E-state index in [0.717, 1.165) is 6.54 Å². The Hall–Kier alpha value is -0.230. The normalized spacial score (nSPS) is 24.2. The van der Waals surface area contributed by atoms with E-state index in [9.17, 15) is 25.2 Å². The van der Waals surface area contributed by atoms with Crippen molar-refractivity contribution < 1.29 is 26.6 Å². The predicted molar refractivity (Wildman–Crippen MR) is 58.1 cm³/mol. The van der Waals surface area contributed by atoms with Gasteiger partial charge in [-0.3, -0.25) is 0 Å². The van der Waals surface area contributed by atoms with Crippen LogP contribution in [0.1, 0.15) is 8.35 Å². The largest absolute Gasteiger partial charge is 1.00 e. The van der Waals surface area contributed by atoms with Crippen LogP contribution < -0.4 is 0 Å². The Morgan fingerprint density at radius 2 is 1.62 bits per heavy atom. The molecule has 0 saturated heterocycles. The second-order valence-electron chi connectivity index (χ2n) is 2.89. The molecule has 1 unspecified atom stereocenters. The molecule has 0 N–H and O–H groups in total. The number of alkyl halides is 1. The van der Waals surface area contributed by atoms with E-state index >= 15 is 0 Å². The molecule has 1 aliphatic heterocycles. The van der Waals surface area contributed by atoms with Gasteiger partial charge in [0.2, 0.25) is 0 Å². The summed E-state index contributed by atoms with van der Waals surface area (Å²) in [6.45, 7) is 3.19. The molecule has 1 aliphatic rings. The van der Waals surface area contributed by atoms with Crippen LogP contribution in [0.5, 0.6) is 0 Å². The zero-order valence-corrected chi connectivity index (χ0v) is 10.6. The van der Waals surface area contributed by atoms with Gasteiger partial charge in [0.05, 0.1) is 0 Å². The van der Waals surface area contributed by atoms with Gasteiger partial charge in [-0.05, 0) is 13.0 Å². The van der Waals surface area contributed by atoms with Crippen LogP contribution in [-0.4, -0.2) is 16.4 Å². The molecule has 0 aromatic heterocycles. The Morgan fingerprint density at radius 1 is 1.19 bits per heavy atom. The van der Waals surface area contributed by atoms with Gasteiger partial charge in [-0.15, -0.1) is 0 Å². The molecule has 0 fully saturated rings. The molecule has 1 heterocycles. The van der Waals surface area contributed by atoms with Crippen molar-refractivity contribution in [1.29, 1.82) is 0 Å². The van der Waals surface area contributed by atoms with Gasteiger partial charge in [0.25, 0.3) is 0 Å². The van der Waals surface area contributed by atoms with Crippen molar-refractivity contribution >= 4 is 23.7 Å². The van der Waals surface area contributed by atoms with Crippen molar-refractivity contribution in [2.45, 2.75) is 11.9 Å². The minimum atomic E-state index is -10.7. The van der Waals surface area contributed by atoms with Gasteiger partial charge in [-0.25, -0.2) is 0 Å². The van der Waals surface area contributed by atoms with Crippen molar-refractivity contribution in [3.05, 3.63) is 24.4 Å². The molecule has 1 atom stereocenters. The molecule has 0 saturated carbocycles. The molecule has 1 rings (SSSR count). The number of rotatable bonds is 1. The predicted octanol–water partition coefficient (Wildman–Crippen LogP) is 5.61. The van der Waals surface area contributed by atoms with E-state index in [0.29, 0.717) is 4.95 Å². The smallest absolute Gasteiger partial charge is 1.00 e. The topological polar surface area (TPSA) is 3.24 Å². The molecule has 0 aromatic rings. The van der Waals surface area contributed by atoms with E-state index in [2.05, 4.69) is 40.0 Å². The number of hydrogen-bond donors (Lipinski definition) is 0. The molecule has 0 aliphatic carbocycles. The van der Waals surface area contributed by atoms with E-state index in [1.165, 1.54) is 0 Å². The summed E-state index contributed by atoms with van der Waals surface area (Å²) in [5, 5.41) is 0. The first-order valence-electron chi connectivity index (χ1n) is 4.11. The number of halogens is 7. The Labute approximate surface area is 98.6 Å². The number of likely N-dealkylation sites (N-methyl/N-ethyl adjacent to an activating group) is 1. The van der Waals surface area contributed by atoms with Gasteiger partial charge in [0, 0.05) is 12.7 Å². The summed E-state index contributed by atoms with van der Waals surface area (Å²) in [5.41, 5.74) is 0. The third kappa shape index (κ3) is 13.8. The quantitative estimate of drug-likeness (QED) is 0.261. The molecule has 0 radical (unpaired) electrons. The van der Waals surface area contributed by atoms with Crippen LogP contribution >= 0.6 is 23.7 Å². The molecule has 16 heavy (non-hydrogen) atoms. The standard InChI is InChI=1S/C7H10BrN.F6P/c1-2-9-6-4-3-5-7(9)8;1-7(2,3,4,5)6/h3-7H,2H2,1H3;/q;-1/p+1. The van der Waals surface area contributed by atoms with Gasteiger partial charge < -0.3 is 4.90 Å². The first kappa shape index (κ1) is 15.8. The SMILES string of the molecule is CCN1C=CC=CC1Br.F[P-](F)(F)(F)(F)F.[H+]. The minimum Gasteiger partial charge on any atom is 1.00 e. The van der Waals surface area contributed by atoms with E-state index in [-0.39, 0.29) is 1.43 Å². The summed E-state index contributed by atoms with van der Waals surface area (Å²) in [6.07, 6.45) is 8.29. The molecule has 0 amide bonds.